The molecule has 0 spiro atoms. The second-order valence-corrected chi connectivity index (χ2v) is 2.13. The normalized spacial score (nSPS) is 12.9. The molecule has 1 heterocycles. The third kappa shape index (κ3) is 1.53. The molecule has 3 N–H and O–H groups in total. The van der Waals surface area contributed by atoms with Crippen LogP contribution in [-0.4, -0.2) is 26.1 Å². The summed E-state index contributed by atoms with van der Waals surface area (Å²) in [5.74, 6) is -1.11. The highest BCUT2D eigenvalue weighted by molar-refractivity contribution is 5.74. The second-order valence-electron chi connectivity index (χ2n) is 2.13. The average molecular weight is 156 g/mol. The average Bonchev–Trinajstić information content (AvgIpc) is 2.34. The lowest BCUT2D eigenvalue weighted by atomic mass is 10.2. The van der Waals surface area contributed by atoms with Gasteiger partial charge in [0.1, 0.15) is 11.7 Å². The van der Waals surface area contributed by atoms with Gasteiger partial charge in [-0.15, -0.1) is 5.10 Å². The van der Waals surface area contributed by atoms with Crippen molar-refractivity contribution in [3.8, 4) is 0 Å². The molecule has 0 saturated heterocycles. The number of rotatable bonds is 2. The van der Waals surface area contributed by atoms with Crippen molar-refractivity contribution in [1.29, 1.82) is 0 Å². The Morgan fingerprint density at radius 1 is 1.91 bits per heavy atom. The van der Waals surface area contributed by atoms with E-state index < -0.39 is 12.0 Å². The van der Waals surface area contributed by atoms with Crippen molar-refractivity contribution < 1.29 is 9.90 Å². The first-order valence-electron chi connectivity index (χ1n) is 2.96. The summed E-state index contributed by atoms with van der Waals surface area (Å²) in [6.45, 7) is 0. The fourth-order valence-corrected chi connectivity index (χ4v) is 0.634. The Morgan fingerprint density at radius 2 is 2.55 bits per heavy atom. The summed E-state index contributed by atoms with van der Waals surface area (Å²) in [6.07, 6.45) is 1.47. The van der Waals surface area contributed by atoms with E-state index in [4.69, 9.17) is 10.8 Å². The molecule has 0 radical (unpaired) electrons. The van der Waals surface area contributed by atoms with Crippen molar-refractivity contribution in [3.63, 3.8) is 0 Å². The van der Waals surface area contributed by atoms with Gasteiger partial charge in [-0.3, -0.25) is 9.48 Å². The maximum Gasteiger partial charge on any atom is 0.326 e. The fraction of sp³-hybridized carbons (Fsp3) is 0.400. The van der Waals surface area contributed by atoms with Crippen molar-refractivity contribution in [3.05, 3.63) is 11.9 Å². The molecular formula is C5H8N4O2. The molecule has 0 aliphatic carbocycles. The van der Waals surface area contributed by atoms with Gasteiger partial charge in [0.25, 0.3) is 0 Å². The van der Waals surface area contributed by atoms with Crippen LogP contribution in [0.3, 0.4) is 0 Å². The van der Waals surface area contributed by atoms with Gasteiger partial charge in [-0.2, -0.15) is 0 Å². The molecule has 0 bridgehead atoms. The van der Waals surface area contributed by atoms with Gasteiger partial charge in [0, 0.05) is 7.05 Å². The maximum absolute atomic E-state index is 10.3. The van der Waals surface area contributed by atoms with Crippen molar-refractivity contribution >= 4 is 5.97 Å². The Balaban J connectivity index is 2.84. The number of aromatic nitrogens is 3. The number of carboxylic acid groups (broad SMARTS) is 1. The summed E-state index contributed by atoms with van der Waals surface area (Å²) < 4.78 is 1.40. The van der Waals surface area contributed by atoms with E-state index in [1.54, 1.807) is 7.05 Å². The standard InChI is InChI=1S/C5H8N4O2/c1-9-2-3(7-8-9)4(6)5(10)11/h2,4H,6H2,1H3,(H,10,11). The molecule has 1 rings (SSSR count). The highest BCUT2D eigenvalue weighted by Crippen LogP contribution is 2.03. The van der Waals surface area contributed by atoms with Crippen molar-refractivity contribution in [2.24, 2.45) is 12.8 Å². The first-order chi connectivity index (χ1) is 5.11. The Labute approximate surface area is 62.6 Å². The van der Waals surface area contributed by atoms with Gasteiger partial charge in [0.05, 0.1) is 6.20 Å². The molecule has 1 unspecified atom stereocenters. The van der Waals surface area contributed by atoms with E-state index in [9.17, 15) is 4.79 Å². The van der Waals surface area contributed by atoms with E-state index in [1.165, 1.54) is 10.9 Å². The zero-order chi connectivity index (χ0) is 8.43. The van der Waals surface area contributed by atoms with Crippen LogP contribution in [0.5, 0.6) is 0 Å². The zero-order valence-corrected chi connectivity index (χ0v) is 5.93. The topological polar surface area (TPSA) is 94.0 Å². The fourth-order valence-electron chi connectivity index (χ4n) is 0.634. The number of nitrogens with zero attached hydrogens (tertiary/aromatic N) is 3. The van der Waals surface area contributed by atoms with Crippen LogP contribution in [0.4, 0.5) is 0 Å². The Bertz CT molecular complexity index is 269. The van der Waals surface area contributed by atoms with Crippen LogP contribution in [0, 0.1) is 0 Å². The Morgan fingerprint density at radius 3 is 2.91 bits per heavy atom. The van der Waals surface area contributed by atoms with E-state index in [1.807, 2.05) is 0 Å². The summed E-state index contributed by atoms with van der Waals surface area (Å²) in [5.41, 5.74) is 5.50. The molecule has 0 aliphatic heterocycles. The monoisotopic (exact) mass is 156 g/mol. The third-order valence-electron chi connectivity index (χ3n) is 1.21. The smallest absolute Gasteiger partial charge is 0.326 e. The molecule has 11 heavy (non-hydrogen) atoms. The quantitative estimate of drug-likeness (QED) is 0.566. The van der Waals surface area contributed by atoms with Crippen LogP contribution in [-0.2, 0) is 11.8 Å². The van der Waals surface area contributed by atoms with Gasteiger partial charge in [0.2, 0.25) is 0 Å². The molecule has 1 aromatic rings. The highest BCUT2D eigenvalue weighted by atomic mass is 16.4. The molecule has 0 fully saturated rings. The molecule has 0 amide bonds. The molecule has 60 valence electrons. The number of aryl methyl sites for hydroxylation is 1. The van der Waals surface area contributed by atoms with Crippen LogP contribution < -0.4 is 5.73 Å². The van der Waals surface area contributed by atoms with E-state index in [0.717, 1.165) is 0 Å². The molecule has 6 nitrogen and oxygen atoms in total. The minimum absolute atomic E-state index is 0.264. The van der Waals surface area contributed by atoms with Gasteiger partial charge >= 0.3 is 5.97 Å². The number of aliphatic carboxylic acids is 1. The van der Waals surface area contributed by atoms with E-state index in [-0.39, 0.29) is 5.69 Å². The second kappa shape index (κ2) is 2.67. The predicted molar refractivity (Wildman–Crippen MR) is 35.6 cm³/mol. The van der Waals surface area contributed by atoms with Crippen LogP contribution in [0.25, 0.3) is 0 Å². The van der Waals surface area contributed by atoms with Crippen LogP contribution in [0.15, 0.2) is 6.20 Å². The van der Waals surface area contributed by atoms with Crippen molar-refractivity contribution in [2.45, 2.75) is 6.04 Å². The summed E-state index contributed by atoms with van der Waals surface area (Å²) >= 11 is 0. The lowest BCUT2D eigenvalue weighted by molar-refractivity contribution is -0.138. The van der Waals surface area contributed by atoms with Gasteiger partial charge in [-0.1, -0.05) is 5.21 Å². The summed E-state index contributed by atoms with van der Waals surface area (Å²) in [6, 6.07) is -1.08. The minimum atomic E-state index is -1.11. The van der Waals surface area contributed by atoms with Gasteiger partial charge in [0.15, 0.2) is 0 Å². The number of nitrogens with two attached hydrogens (primary N) is 1. The molecular weight excluding hydrogens is 148 g/mol. The number of hydrogen-bond donors (Lipinski definition) is 2. The van der Waals surface area contributed by atoms with Crippen LogP contribution in [0.1, 0.15) is 11.7 Å². The molecule has 6 heteroatoms. The van der Waals surface area contributed by atoms with Crippen LogP contribution >= 0.6 is 0 Å². The molecule has 1 atom stereocenters. The van der Waals surface area contributed by atoms with E-state index in [2.05, 4.69) is 10.3 Å². The SMILES string of the molecule is Cn1cc(C(N)C(=O)O)nn1. The lowest BCUT2D eigenvalue weighted by Crippen LogP contribution is -2.20. The lowest BCUT2D eigenvalue weighted by Gasteiger charge is -1.98. The third-order valence-corrected chi connectivity index (χ3v) is 1.21. The van der Waals surface area contributed by atoms with E-state index >= 15 is 0 Å². The largest absolute Gasteiger partial charge is 0.480 e. The first kappa shape index (κ1) is 7.67. The highest BCUT2D eigenvalue weighted by Gasteiger charge is 2.16. The van der Waals surface area contributed by atoms with E-state index in [0.29, 0.717) is 0 Å². The molecule has 0 aromatic carbocycles. The van der Waals surface area contributed by atoms with Gasteiger partial charge < -0.3 is 10.8 Å². The predicted octanol–water partition coefficient (Wildman–Crippen LogP) is -1.10. The summed E-state index contributed by atoms with van der Waals surface area (Å²) in [5, 5.41) is 15.5. The Hall–Kier alpha value is -1.43. The number of carboxylic acids is 1. The van der Waals surface area contributed by atoms with Gasteiger partial charge in [-0.25, -0.2) is 0 Å². The van der Waals surface area contributed by atoms with Crippen molar-refractivity contribution in [2.75, 3.05) is 0 Å². The zero-order valence-electron chi connectivity index (χ0n) is 5.93. The first-order valence-corrected chi connectivity index (χ1v) is 2.96. The summed E-state index contributed by atoms with van der Waals surface area (Å²) in [4.78, 5) is 10.3. The van der Waals surface area contributed by atoms with Crippen LogP contribution in [0.2, 0.25) is 0 Å². The number of hydrogen-bond acceptors (Lipinski definition) is 4. The minimum Gasteiger partial charge on any atom is -0.480 e. The maximum atomic E-state index is 10.3. The number of carbonyl (C=O) groups is 1. The Kier molecular flexibility index (Phi) is 1.86. The molecule has 1 aromatic heterocycles. The summed E-state index contributed by atoms with van der Waals surface area (Å²) in [7, 11) is 1.64. The molecule has 0 aliphatic rings. The van der Waals surface area contributed by atoms with Crippen molar-refractivity contribution in [1.82, 2.24) is 15.0 Å². The van der Waals surface area contributed by atoms with Gasteiger partial charge in [-0.05, 0) is 0 Å². The molecule has 0 saturated carbocycles.